The number of nitrogens with two attached hydrogens (primary N) is 1. The van der Waals surface area contributed by atoms with Crippen LogP contribution in [0.3, 0.4) is 0 Å². The maximum Gasteiger partial charge on any atom is 0.140 e. The summed E-state index contributed by atoms with van der Waals surface area (Å²) in [5.41, 5.74) is 5.50. The number of rotatable bonds is 8. The zero-order chi connectivity index (χ0) is 12.6. The van der Waals surface area contributed by atoms with Crippen molar-refractivity contribution >= 4 is 5.84 Å². The lowest BCUT2D eigenvalue weighted by atomic mass is 10.1. The largest absolute Gasteiger partial charge is 0.409 e. The first kappa shape index (κ1) is 15.2. The number of hydrogen-bond donors (Lipinski definition) is 3. The molecule has 0 saturated carbocycles. The Balaban J connectivity index is 4.49. The van der Waals surface area contributed by atoms with E-state index >= 15 is 0 Å². The minimum absolute atomic E-state index is 0.136. The SMILES string of the molecule is CCC(CC)N(CCO)C(C)CC(N)=NO. The van der Waals surface area contributed by atoms with Crippen LogP contribution in [0.4, 0.5) is 0 Å². The van der Waals surface area contributed by atoms with E-state index in [1.54, 1.807) is 0 Å². The summed E-state index contributed by atoms with van der Waals surface area (Å²) in [6, 6.07) is 0.613. The fourth-order valence-electron chi connectivity index (χ4n) is 2.10. The standard InChI is InChI=1S/C11H25N3O2/c1-4-10(5-2)14(6-7-15)9(3)8-11(12)13-16/h9-10,15-16H,4-8H2,1-3H3,(H2,12,13). The average molecular weight is 231 g/mol. The fraction of sp³-hybridized carbons (Fsp3) is 0.909. The van der Waals surface area contributed by atoms with Gasteiger partial charge in [-0.3, -0.25) is 4.90 Å². The highest BCUT2D eigenvalue weighted by atomic mass is 16.4. The third kappa shape index (κ3) is 4.81. The molecule has 4 N–H and O–H groups in total. The lowest BCUT2D eigenvalue weighted by Crippen LogP contribution is -2.44. The van der Waals surface area contributed by atoms with Crippen LogP contribution in [0.15, 0.2) is 5.16 Å². The Morgan fingerprint density at radius 3 is 2.31 bits per heavy atom. The topological polar surface area (TPSA) is 82.1 Å². The molecule has 0 aliphatic heterocycles. The summed E-state index contributed by atoms with van der Waals surface area (Å²) in [4.78, 5) is 2.22. The summed E-state index contributed by atoms with van der Waals surface area (Å²) in [6.07, 6.45) is 2.60. The minimum Gasteiger partial charge on any atom is -0.409 e. The molecule has 0 amide bonds. The van der Waals surface area contributed by atoms with Crippen molar-refractivity contribution in [3.05, 3.63) is 0 Å². The molecule has 0 aliphatic rings. The number of nitrogens with zero attached hydrogens (tertiary/aromatic N) is 2. The Kier molecular flexibility index (Phi) is 7.93. The Hall–Kier alpha value is -0.810. The van der Waals surface area contributed by atoms with E-state index in [0.29, 0.717) is 19.0 Å². The van der Waals surface area contributed by atoms with Gasteiger partial charge in [0.1, 0.15) is 5.84 Å². The molecule has 96 valence electrons. The highest BCUT2D eigenvalue weighted by Crippen LogP contribution is 2.14. The summed E-state index contributed by atoms with van der Waals surface area (Å²) in [6.45, 7) is 7.07. The van der Waals surface area contributed by atoms with Crippen LogP contribution >= 0.6 is 0 Å². The number of oxime groups is 1. The van der Waals surface area contributed by atoms with Crippen LogP contribution in [0.5, 0.6) is 0 Å². The molecule has 16 heavy (non-hydrogen) atoms. The number of aliphatic hydroxyl groups is 1. The molecule has 1 atom stereocenters. The first-order valence-corrected chi connectivity index (χ1v) is 5.93. The molecule has 0 fully saturated rings. The minimum atomic E-state index is 0.136. The van der Waals surface area contributed by atoms with Gasteiger partial charge in [0.15, 0.2) is 0 Å². The normalized spacial score (nSPS) is 14.8. The van der Waals surface area contributed by atoms with Crippen molar-refractivity contribution in [1.82, 2.24) is 4.90 Å². The second-order valence-corrected chi connectivity index (χ2v) is 4.08. The van der Waals surface area contributed by atoms with Gasteiger partial charge in [-0.15, -0.1) is 0 Å². The van der Waals surface area contributed by atoms with Crippen LogP contribution in [0.2, 0.25) is 0 Å². The summed E-state index contributed by atoms with van der Waals surface area (Å²) in [5.74, 6) is 0.237. The molecule has 0 radical (unpaired) electrons. The van der Waals surface area contributed by atoms with Crippen molar-refractivity contribution in [2.75, 3.05) is 13.2 Å². The number of aliphatic hydroxyl groups excluding tert-OH is 1. The Morgan fingerprint density at radius 1 is 1.38 bits per heavy atom. The molecule has 0 spiro atoms. The molecule has 5 heteroatoms. The molecule has 0 bridgehead atoms. The van der Waals surface area contributed by atoms with Gasteiger partial charge < -0.3 is 16.0 Å². The van der Waals surface area contributed by atoms with Crippen molar-refractivity contribution in [2.24, 2.45) is 10.9 Å². The molecule has 1 unspecified atom stereocenters. The fourth-order valence-corrected chi connectivity index (χ4v) is 2.10. The van der Waals surface area contributed by atoms with E-state index < -0.39 is 0 Å². The Morgan fingerprint density at radius 2 is 1.94 bits per heavy atom. The van der Waals surface area contributed by atoms with Gasteiger partial charge >= 0.3 is 0 Å². The van der Waals surface area contributed by atoms with Crippen LogP contribution in [0, 0.1) is 0 Å². The van der Waals surface area contributed by atoms with Gasteiger partial charge in [0.05, 0.1) is 6.61 Å². The van der Waals surface area contributed by atoms with E-state index in [0.717, 1.165) is 12.8 Å². The van der Waals surface area contributed by atoms with Crippen molar-refractivity contribution in [3.63, 3.8) is 0 Å². The van der Waals surface area contributed by atoms with Crippen LogP contribution in [-0.4, -0.2) is 46.3 Å². The lowest BCUT2D eigenvalue weighted by molar-refractivity contribution is 0.107. The molecule has 0 saturated heterocycles. The van der Waals surface area contributed by atoms with Crippen molar-refractivity contribution in [1.29, 1.82) is 0 Å². The zero-order valence-electron chi connectivity index (χ0n) is 10.6. The first-order chi connectivity index (χ1) is 7.60. The van der Waals surface area contributed by atoms with Gasteiger partial charge in [-0.25, -0.2) is 0 Å². The molecule has 0 rings (SSSR count). The quantitative estimate of drug-likeness (QED) is 0.252. The van der Waals surface area contributed by atoms with E-state index in [1.165, 1.54) is 0 Å². The molecule has 0 aliphatic carbocycles. The van der Waals surface area contributed by atoms with E-state index in [1.807, 2.05) is 6.92 Å². The number of hydrogen-bond acceptors (Lipinski definition) is 4. The zero-order valence-corrected chi connectivity index (χ0v) is 10.6. The summed E-state index contributed by atoms with van der Waals surface area (Å²) < 4.78 is 0. The molecule has 0 aromatic carbocycles. The monoisotopic (exact) mass is 231 g/mol. The van der Waals surface area contributed by atoms with E-state index in [9.17, 15) is 0 Å². The van der Waals surface area contributed by atoms with Gasteiger partial charge in [-0.05, 0) is 19.8 Å². The molecule has 0 aromatic rings. The molecule has 0 heterocycles. The molecular formula is C11H25N3O2. The van der Waals surface area contributed by atoms with Gasteiger partial charge in [0.25, 0.3) is 0 Å². The van der Waals surface area contributed by atoms with Crippen LogP contribution in [0.1, 0.15) is 40.0 Å². The maximum absolute atomic E-state index is 9.06. The molecular weight excluding hydrogens is 206 g/mol. The highest BCUT2D eigenvalue weighted by Gasteiger charge is 2.21. The van der Waals surface area contributed by atoms with Gasteiger partial charge in [-0.2, -0.15) is 0 Å². The molecule has 5 nitrogen and oxygen atoms in total. The van der Waals surface area contributed by atoms with Crippen molar-refractivity contribution < 1.29 is 10.3 Å². The third-order valence-electron chi connectivity index (χ3n) is 2.97. The van der Waals surface area contributed by atoms with E-state index in [-0.39, 0.29) is 18.5 Å². The predicted molar refractivity (Wildman–Crippen MR) is 65.6 cm³/mol. The first-order valence-electron chi connectivity index (χ1n) is 5.93. The lowest BCUT2D eigenvalue weighted by Gasteiger charge is -2.35. The second-order valence-electron chi connectivity index (χ2n) is 4.08. The van der Waals surface area contributed by atoms with E-state index in [2.05, 4.69) is 23.9 Å². The van der Waals surface area contributed by atoms with Crippen LogP contribution < -0.4 is 5.73 Å². The van der Waals surface area contributed by atoms with Crippen LogP contribution in [-0.2, 0) is 0 Å². The molecule has 0 aromatic heterocycles. The third-order valence-corrected chi connectivity index (χ3v) is 2.97. The highest BCUT2D eigenvalue weighted by molar-refractivity contribution is 5.80. The second kappa shape index (κ2) is 8.35. The van der Waals surface area contributed by atoms with Gasteiger partial charge in [0.2, 0.25) is 0 Å². The maximum atomic E-state index is 9.06. The van der Waals surface area contributed by atoms with Crippen LogP contribution in [0.25, 0.3) is 0 Å². The average Bonchev–Trinajstić information content (AvgIpc) is 2.29. The van der Waals surface area contributed by atoms with Gasteiger partial charge in [0, 0.05) is 25.0 Å². The smallest absolute Gasteiger partial charge is 0.140 e. The Labute approximate surface area is 97.9 Å². The Bertz CT molecular complexity index is 205. The predicted octanol–water partition coefficient (Wildman–Crippen LogP) is 0.994. The summed E-state index contributed by atoms with van der Waals surface area (Å²) in [7, 11) is 0. The van der Waals surface area contributed by atoms with Crippen molar-refractivity contribution in [2.45, 2.75) is 52.1 Å². The summed E-state index contributed by atoms with van der Waals surface area (Å²) >= 11 is 0. The number of amidine groups is 1. The van der Waals surface area contributed by atoms with Gasteiger partial charge in [-0.1, -0.05) is 19.0 Å². The summed E-state index contributed by atoms with van der Waals surface area (Å²) in [5, 5.41) is 20.6. The van der Waals surface area contributed by atoms with E-state index in [4.69, 9.17) is 16.0 Å². The van der Waals surface area contributed by atoms with Crippen molar-refractivity contribution in [3.8, 4) is 0 Å².